The molecule has 1 aromatic carbocycles. The number of benzene rings is 1. The van der Waals surface area contributed by atoms with E-state index in [0.717, 1.165) is 11.3 Å². The molecule has 3 nitrogen and oxygen atoms in total. The average molecular weight is 256 g/mol. The third-order valence-corrected chi connectivity index (χ3v) is 3.74. The van der Waals surface area contributed by atoms with Crippen LogP contribution in [0.4, 0.5) is 5.69 Å². The Morgan fingerprint density at radius 3 is 2.42 bits per heavy atom. The molecule has 0 spiro atoms. The van der Waals surface area contributed by atoms with Crippen molar-refractivity contribution in [2.75, 3.05) is 5.32 Å². The number of nitrogens with one attached hydrogen (secondary N) is 1. The standard InChI is InChI=1S/C16H20N2O/c1-11-9-12(15(2,3)4)5-6-13(11)18-14(19)16(10-17)7-8-16/h5-6,9H,7-8H2,1-4H3,(H,18,19). The Balaban J connectivity index is 2.19. The van der Waals surface area contributed by atoms with Crippen LogP contribution >= 0.6 is 0 Å². The number of carbonyl (C=O) groups is 1. The van der Waals surface area contributed by atoms with Crippen molar-refractivity contribution in [1.82, 2.24) is 0 Å². The minimum absolute atomic E-state index is 0.0949. The lowest BCUT2D eigenvalue weighted by Gasteiger charge is -2.21. The number of rotatable bonds is 2. The average Bonchev–Trinajstić information content (AvgIpc) is 3.11. The predicted octanol–water partition coefficient (Wildman–Crippen LogP) is 3.53. The largest absolute Gasteiger partial charge is 0.324 e. The zero-order chi connectivity index (χ0) is 14.3. The number of nitrogens with zero attached hydrogens (tertiary/aromatic N) is 1. The molecule has 0 heterocycles. The van der Waals surface area contributed by atoms with Gasteiger partial charge in [0.1, 0.15) is 5.41 Å². The Morgan fingerprint density at radius 2 is 2.00 bits per heavy atom. The van der Waals surface area contributed by atoms with Crippen LogP contribution in [-0.4, -0.2) is 5.91 Å². The fourth-order valence-electron chi connectivity index (χ4n) is 2.03. The molecule has 1 aliphatic carbocycles. The molecule has 0 saturated heterocycles. The highest BCUT2D eigenvalue weighted by atomic mass is 16.2. The molecule has 0 aromatic heterocycles. The van der Waals surface area contributed by atoms with Crippen molar-refractivity contribution in [2.45, 2.75) is 46.0 Å². The van der Waals surface area contributed by atoms with Gasteiger partial charge in [-0.1, -0.05) is 32.9 Å². The summed E-state index contributed by atoms with van der Waals surface area (Å²) in [6.45, 7) is 8.47. The summed E-state index contributed by atoms with van der Waals surface area (Å²) >= 11 is 0. The Morgan fingerprint density at radius 1 is 1.37 bits per heavy atom. The summed E-state index contributed by atoms with van der Waals surface area (Å²) in [6, 6.07) is 8.18. The van der Waals surface area contributed by atoms with E-state index in [1.165, 1.54) is 5.56 Å². The summed E-state index contributed by atoms with van der Waals surface area (Å²) in [5, 5.41) is 11.9. The second kappa shape index (κ2) is 4.38. The van der Waals surface area contributed by atoms with Gasteiger partial charge < -0.3 is 5.32 Å². The Labute approximate surface area is 114 Å². The van der Waals surface area contributed by atoms with Gasteiger partial charge >= 0.3 is 0 Å². The molecule has 1 fully saturated rings. The molecule has 0 unspecified atom stereocenters. The second-order valence-corrected chi connectivity index (χ2v) is 6.43. The zero-order valence-corrected chi connectivity index (χ0v) is 12.0. The smallest absolute Gasteiger partial charge is 0.244 e. The molecule has 1 amide bonds. The van der Waals surface area contributed by atoms with Crippen LogP contribution in [0, 0.1) is 23.7 Å². The highest BCUT2D eigenvalue weighted by Gasteiger charge is 2.50. The van der Waals surface area contributed by atoms with E-state index in [4.69, 9.17) is 5.26 Å². The Hall–Kier alpha value is -1.82. The maximum absolute atomic E-state index is 12.0. The molecule has 3 heteroatoms. The van der Waals surface area contributed by atoms with Gasteiger partial charge in [0.05, 0.1) is 6.07 Å². The van der Waals surface area contributed by atoms with E-state index in [0.29, 0.717) is 12.8 Å². The minimum atomic E-state index is -0.769. The normalized spacial score (nSPS) is 16.6. The van der Waals surface area contributed by atoms with Crippen LogP contribution in [0.15, 0.2) is 18.2 Å². The van der Waals surface area contributed by atoms with Gasteiger partial charge in [-0.2, -0.15) is 5.26 Å². The molecule has 1 N–H and O–H groups in total. The van der Waals surface area contributed by atoms with Gasteiger partial charge in [0, 0.05) is 5.69 Å². The lowest BCUT2D eigenvalue weighted by molar-refractivity contribution is -0.119. The number of amides is 1. The molecular formula is C16H20N2O. The Kier molecular flexibility index (Phi) is 3.14. The molecule has 0 aliphatic heterocycles. The van der Waals surface area contributed by atoms with Crippen molar-refractivity contribution in [3.63, 3.8) is 0 Å². The van der Waals surface area contributed by atoms with Crippen LogP contribution in [0.3, 0.4) is 0 Å². The summed E-state index contributed by atoms with van der Waals surface area (Å²) in [4.78, 5) is 12.0. The van der Waals surface area contributed by atoms with Crippen molar-refractivity contribution in [3.8, 4) is 6.07 Å². The Bertz CT molecular complexity index is 557. The number of hydrogen-bond donors (Lipinski definition) is 1. The summed E-state index contributed by atoms with van der Waals surface area (Å²) in [5.41, 5.74) is 2.41. The fraction of sp³-hybridized carbons (Fsp3) is 0.500. The van der Waals surface area contributed by atoms with E-state index < -0.39 is 5.41 Å². The monoisotopic (exact) mass is 256 g/mol. The van der Waals surface area contributed by atoms with Gasteiger partial charge in [0.15, 0.2) is 0 Å². The minimum Gasteiger partial charge on any atom is -0.324 e. The van der Waals surface area contributed by atoms with Crippen molar-refractivity contribution >= 4 is 11.6 Å². The molecule has 0 atom stereocenters. The highest BCUT2D eigenvalue weighted by Crippen LogP contribution is 2.45. The summed E-state index contributed by atoms with van der Waals surface area (Å²) in [6.07, 6.45) is 1.35. The lowest BCUT2D eigenvalue weighted by Crippen LogP contribution is -2.23. The van der Waals surface area contributed by atoms with E-state index in [-0.39, 0.29) is 11.3 Å². The lowest BCUT2D eigenvalue weighted by atomic mass is 9.86. The van der Waals surface area contributed by atoms with Crippen molar-refractivity contribution in [2.24, 2.45) is 5.41 Å². The summed E-state index contributed by atoms with van der Waals surface area (Å²) in [7, 11) is 0. The molecule has 0 bridgehead atoms. The van der Waals surface area contributed by atoms with Crippen LogP contribution in [0.1, 0.15) is 44.7 Å². The first kappa shape index (κ1) is 13.6. The van der Waals surface area contributed by atoms with Crippen LogP contribution in [0.2, 0.25) is 0 Å². The van der Waals surface area contributed by atoms with Gasteiger partial charge in [-0.25, -0.2) is 0 Å². The molecule has 2 rings (SSSR count). The van der Waals surface area contributed by atoms with Gasteiger partial charge in [0.25, 0.3) is 0 Å². The maximum Gasteiger partial charge on any atom is 0.244 e. The predicted molar refractivity (Wildman–Crippen MR) is 75.8 cm³/mol. The molecule has 19 heavy (non-hydrogen) atoms. The molecular weight excluding hydrogens is 236 g/mol. The molecule has 0 radical (unpaired) electrons. The van der Waals surface area contributed by atoms with Gasteiger partial charge in [-0.05, 0) is 42.4 Å². The van der Waals surface area contributed by atoms with E-state index >= 15 is 0 Å². The van der Waals surface area contributed by atoms with E-state index in [2.05, 4.69) is 38.2 Å². The van der Waals surface area contributed by atoms with E-state index in [1.54, 1.807) is 0 Å². The molecule has 100 valence electrons. The van der Waals surface area contributed by atoms with E-state index in [9.17, 15) is 4.79 Å². The first-order valence-electron chi connectivity index (χ1n) is 6.62. The third kappa shape index (κ3) is 2.63. The van der Waals surface area contributed by atoms with Crippen molar-refractivity contribution in [1.29, 1.82) is 5.26 Å². The van der Waals surface area contributed by atoms with Gasteiger partial charge in [0.2, 0.25) is 5.91 Å². The first-order valence-corrected chi connectivity index (χ1v) is 6.62. The van der Waals surface area contributed by atoms with Gasteiger partial charge in [-0.15, -0.1) is 0 Å². The SMILES string of the molecule is Cc1cc(C(C)(C)C)ccc1NC(=O)C1(C#N)CC1. The van der Waals surface area contributed by atoms with Gasteiger partial charge in [-0.3, -0.25) is 4.79 Å². The third-order valence-electron chi connectivity index (χ3n) is 3.74. The molecule has 1 aliphatic rings. The topological polar surface area (TPSA) is 52.9 Å². The number of nitriles is 1. The quantitative estimate of drug-likeness (QED) is 0.880. The van der Waals surface area contributed by atoms with Crippen LogP contribution < -0.4 is 5.32 Å². The van der Waals surface area contributed by atoms with Crippen LogP contribution in [0.5, 0.6) is 0 Å². The van der Waals surface area contributed by atoms with Crippen LogP contribution in [-0.2, 0) is 10.2 Å². The summed E-state index contributed by atoms with van der Waals surface area (Å²) in [5.74, 6) is -0.165. The van der Waals surface area contributed by atoms with Crippen molar-refractivity contribution < 1.29 is 4.79 Å². The zero-order valence-electron chi connectivity index (χ0n) is 12.0. The number of aryl methyl sites for hydroxylation is 1. The first-order chi connectivity index (χ1) is 8.78. The number of hydrogen-bond acceptors (Lipinski definition) is 2. The summed E-state index contributed by atoms with van der Waals surface area (Å²) < 4.78 is 0. The van der Waals surface area contributed by atoms with Crippen molar-refractivity contribution in [3.05, 3.63) is 29.3 Å². The van der Waals surface area contributed by atoms with Crippen LogP contribution in [0.25, 0.3) is 0 Å². The highest BCUT2D eigenvalue weighted by molar-refractivity contribution is 5.99. The fourth-order valence-corrected chi connectivity index (χ4v) is 2.03. The maximum atomic E-state index is 12.0. The number of carbonyl (C=O) groups excluding carboxylic acids is 1. The molecule has 1 aromatic rings. The molecule has 1 saturated carbocycles. The number of anilines is 1. The van der Waals surface area contributed by atoms with E-state index in [1.807, 2.05) is 19.1 Å². The second-order valence-electron chi connectivity index (χ2n) is 6.43.